The van der Waals surface area contributed by atoms with Crippen LogP contribution >= 0.6 is 0 Å². The van der Waals surface area contributed by atoms with Gasteiger partial charge < -0.3 is 9.73 Å². The highest BCUT2D eigenvalue weighted by Gasteiger charge is 2.13. The molecular formula is C20H19N3O4. The summed E-state index contributed by atoms with van der Waals surface area (Å²) in [4.78, 5) is 35.8. The van der Waals surface area contributed by atoms with Gasteiger partial charge in [0.25, 0.3) is 11.8 Å². The molecule has 3 amide bonds. The van der Waals surface area contributed by atoms with Crippen LogP contribution in [0.4, 0.5) is 0 Å². The summed E-state index contributed by atoms with van der Waals surface area (Å²) in [6, 6.07) is 15.1. The summed E-state index contributed by atoms with van der Waals surface area (Å²) in [6.07, 6.45) is 1.55. The third-order valence-electron chi connectivity index (χ3n) is 4.10. The van der Waals surface area contributed by atoms with Crippen molar-refractivity contribution >= 4 is 28.5 Å². The predicted molar refractivity (Wildman–Crippen MR) is 99.7 cm³/mol. The molecule has 0 spiro atoms. The van der Waals surface area contributed by atoms with E-state index in [1.807, 2.05) is 42.5 Å². The van der Waals surface area contributed by atoms with E-state index in [0.717, 1.165) is 16.3 Å². The van der Waals surface area contributed by atoms with Crippen LogP contribution in [0.5, 0.6) is 0 Å². The minimum absolute atomic E-state index is 0.162. The number of carbonyl (C=O) groups is 3. The molecule has 0 aliphatic heterocycles. The van der Waals surface area contributed by atoms with E-state index in [9.17, 15) is 14.4 Å². The summed E-state index contributed by atoms with van der Waals surface area (Å²) in [7, 11) is 0. The molecule has 3 N–H and O–H groups in total. The van der Waals surface area contributed by atoms with Gasteiger partial charge in [0, 0.05) is 0 Å². The Balaban J connectivity index is 1.48. The number of benzene rings is 2. The molecule has 0 fully saturated rings. The number of carbonyl (C=O) groups excluding carboxylic acids is 3. The third kappa shape index (κ3) is 4.52. The van der Waals surface area contributed by atoms with Crippen molar-refractivity contribution in [2.45, 2.75) is 13.3 Å². The molecule has 3 aromatic rings. The smallest absolute Gasteiger partial charge is 0.273 e. The number of furan rings is 1. The molecule has 0 aliphatic rings. The summed E-state index contributed by atoms with van der Waals surface area (Å²) >= 11 is 0. The largest absolute Gasteiger partial charge is 0.469 e. The average Bonchev–Trinajstić information content (AvgIpc) is 3.11. The molecular weight excluding hydrogens is 346 g/mol. The Morgan fingerprint density at radius 1 is 0.926 bits per heavy atom. The third-order valence-corrected chi connectivity index (χ3v) is 4.10. The Morgan fingerprint density at radius 2 is 1.70 bits per heavy atom. The number of nitrogens with one attached hydrogen (secondary N) is 3. The molecule has 0 atom stereocenters. The van der Waals surface area contributed by atoms with E-state index in [2.05, 4.69) is 16.2 Å². The van der Waals surface area contributed by atoms with Crippen molar-refractivity contribution in [3.63, 3.8) is 0 Å². The molecule has 1 heterocycles. The molecule has 27 heavy (non-hydrogen) atoms. The van der Waals surface area contributed by atoms with Crippen LogP contribution in [0.15, 0.2) is 59.2 Å². The first-order valence-corrected chi connectivity index (χ1v) is 8.41. The van der Waals surface area contributed by atoms with E-state index < -0.39 is 11.8 Å². The number of aryl methyl sites for hydroxylation is 1. The van der Waals surface area contributed by atoms with Crippen LogP contribution in [0.1, 0.15) is 21.7 Å². The molecule has 0 radical (unpaired) electrons. The summed E-state index contributed by atoms with van der Waals surface area (Å²) in [5.74, 6) is -0.851. The van der Waals surface area contributed by atoms with Crippen molar-refractivity contribution in [2.75, 3.05) is 6.54 Å². The Morgan fingerprint density at radius 3 is 2.48 bits per heavy atom. The van der Waals surface area contributed by atoms with Gasteiger partial charge in [0.15, 0.2) is 0 Å². The molecule has 2 aromatic carbocycles. The van der Waals surface area contributed by atoms with Crippen LogP contribution < -0.4 is 16.2 Å². The molecule has 0 bridgehead atoms. The normalized spacial score (nSPS) is 10.4. The summed E-state index contributed by atoms with van der Waals surface area (Å²) in [6.45, 7) is 1.40. The number of rotatable bonds is 5. The van der Waals surface area contributed by atoms with E-state index in [1.54, 1.807) is 6.92 Å². The van der Waals surface area contributed by atoms with Gasteiger partial charge in [0.1, 0.15) is 5.76 Å². The molecule has 0 saturated carbocycles. The average molecular weight is 365 g/mol. The van der Waals surface area contributed by atoms with E-state index in [-0.39, 0.29) is 18.9 Å². The van der Waals surface area contributed by atoms with Crippen molar-refractivity contribution in [3.8, 4) is 0 Å². The molecule has 7 heteroatoms. The molecule has 0 aliphatic carbocycles. The summed E-state index contributed by atoms with van der Waals surface area (Å²) in [5.41, 5.74) is 5.74. The molecule has 0 unspecified atom stereocenters. The van der Waals surface area contributed by atoms with E-state index in [0.29, 0.717) is 11.3 Å². The van der Waals surface area contributed by atoms with Crippen molar-refractivity contribution in [1.82, 2.24) is 16.2 Å². The van der Waals surface area contributed by atoms with Gasteiger partial charge >= 0.3 is 0 Å². The van der Waals surface area contributed by atoms with Crippen LogP contribution in [0.2, 0.25) is 0 Å². The SMILES string of the molecule is Cc1occc1C(=O)NNC(=O)CNC(=O)Cc1cccc2ccccc12. The van der Waals surface area contributed by atoms with Gasteiger partial charge in [0.2, 0.25) is 5.91 Å². The maximum absolute atomic E-state index is 12.1. The van der Waals surface area contributed by atoms with E-state index in [4.69, 9.17) is 4.42 Å². The van der Waals surface area contributed by atoms with Crippen LogP contribution in [0.25, 0.3) is 10.8 Å². The Hall–Kier alpha value is -3.61. The maximum Gasteiger partial charge on any atom is 0.273 e. The zero-order chi connectivity index (χ0) is 19.2. The molecule has 1 aromatic heterocycles. The van der Waals surface area contributed by atoms with Crippen molar-refractivity contribution in [3.05, 3.63) is 71.7 Å². The van der Waals surface area contributed by atoms with Gasteiger partial charge in [-0.1, -0.05) is 42.5 Å². The van der Waals surface area contributed by atoms with Gasteiger partial charge in [-0.15, -0.1) is 0 Å². The van der Waals surface area contributed by atoms with Gasteiger partial charge in [-0.25, -0.2) is 0 Å². The van der Waals surface area contributed by atoms with E-state index >= 15 is 0 Å². The van der Waals surface area contributed by atoms with Gasteiger partial charge in [-0.2, -0.15) is 0 Å². The number of fused-ring (bicyclic) bond motifs is 1. The van der Waals surface area contributed by atoms with Gasteiger partial charge in [-0.05, 0) is 29.3 Å². The highest BCUT2D eigenvalue weighted by atomic mass is 16.3. The fourth-order valence-corrected chi connectivity index (χ4v) is 2.72. The van der Waals surface area contributed by atoms with Crippen molar-refractivity contribution in [1.29, 1.82) is 0 Å². The first-order chi connectivity index (χ1) is 13.0. The molecule has 138 valence electrons. The van der Waals surface area contributed by atoms with E-state index in [1.165, 1.54) is 12.3 Å². The molecule has 7 nitrogen and oxygen atoms in total. The second-order valence-corrected chi connectivity index (χ2v) is 5.98. The zero-order valence-corrected chi connectivity index (χ0v) is 14.7. The first-order valence-electron chi connectivity index (χ1n) is 8.41. The van der Waals surface area contributed by atoms with Crippen LogP contribution in [0.3, 0.4) is 0 Å². The highest BCUT2D eigenvalue weighted by Crippen LogP contribution is 2.18. The lowest BCUT2D eigenvalue weighted by atomic mass is 10.0. The number of amides is 3. The lowest BCUT2D eigenvalue weighted by molar-refractivity contribution is -0.126. The maximum atomic E-state index is 12.1. The van der Waals surface area contributed by atoms with Crippen LogP contribution in [-0.4, -0.2) is 24.3 Å². The van der Waals surface area contributed by atoms with Crippen molar-refractivity contribution in [2.24, 2.45) is 0 Å². The second-order valence-electron chi connectivity index (χ2n) is 5.98. The summed E-state index contributed by atoms with van der Waals surface area (Å²) < 4.78 is 5.03. The predicted octanol–water partition coefficient (Wildman–Crippen LogP) is 1.86. The topological polar surface area (TPSA) is 100 Å². The fraction of sp³-hybridized carbons (Fsp3) is 0.150. The monoisotopic (exact) mass is 365 g/mol. The number of hydrogen-bond acceptors (Lipinski definition) is 4. The van der Waals surface area contributed by atoms with Gasteiger partial charge in [0.05, 0.1) is 24.8 Å². The van der Waals surface area contributed by atoms with Crippen molar-refractivity contribution < 1.29 is 18.8 Å². The minimum Gasteiger partial charge on any atom is -0.469 e. The van der Waals surface area contributed by atoms with Crippen LogP contribution in [-0.2, 0) is 16.0 Å². The Labute approximate surface area is 155 Å². The lowest BCUT2D eigenvalue weighted by Crippen LogP contribution is -2.46. The minimum atomic E-state index is -0.532. The fourth-order valence-electron chi connectivity index (χ4n) is 2.72. The number of hydrazine groups is 1. The first kappa shape index (κ1) is 18.2. The Bertz CT molecular complexity index is 988. The zero-order valence-electron chi connectivity index (χ0n) is 14.7. The van der Waals surface area contributed by atoms with Crippen LogP contribution in [0, 0.1) is 6.92 Å². The summed E-state index contributed by atoms with van der Waals surface area (Å²) in [5, 5.41) is 4.60. The van der Waals surface area contributed by atoms with Gasteiger partial charge in [-0.3, -0.25) is 25.2 Å². The molecule has 3 rings (SSSR count). The lowest BCUT2D eigenvalue weighted by Gasteiger charge is -2.09. The molecule has 0 saturated heterocycles. The standard InChI is InChI=1S/C20H19N3O4/c1-13-16(9-10-27-13)20(26)23-22-19(25)12-21-18(24)11-15-7-4-6-14-5-2-3-8-17(14)15/h2-10H,11-12H2,1H3,(H,21,24)(H,22,25)(H,23,26). The second kappa shape index (κ2) is 8.18. The quantitative estimate of drug-likeness (QED) is 0.601. The number of hydrogen-bond donors (Lipinski definition) is 3. The highest BCUT2D eigenvalue weighted by molar-refractivity contribution is 5.96. The Kier molecular flexibility index (Phi) is 5.51.